The fourth-order valence-corrected chi connectivity index (χ4v) is 6.75. The van der Waals surface area contributed by atoms with Crippen LogP contribution in [0.1, 0.15) is 47.1 Å². The van der Waals surface area contributed by atoms with Gasteiger partial charge in [0.2, 0.25) is 5.69 Å². The largest absolute Gasteiger partial charge is 0.493 e. The van der Waals surface area contributed by atoms with Crippen molar-refractivity contribution in [2.24, 2.45) is 7.05 Å². The molecule has 0 bridgehead atoms. The number of aryl methyl sites for hydroxylation is 1. The van der Waals surface area contributed by atoms with E-state index < -0.39 is 5.97 Å². The molecular weight excluding hydrogens is 578 g/mol. The Morgan fingerprint density at radius 3 is 2.66 bits per heavy atom. The van der Waals surface area contributed by atoms with Gasteiger partial charge in [-0.15, -0.1) is 0 Å². The predicted octanol–water partition coefficient (Wildman–Crippen LogP) is 6.35. The molecule has 0 saturated carbocycles. The number of rotatable bonds is 6. The Morgan fingerprint density at radius 2 is 1.82 bits per heavy atom. The number of carboxylic acid groups (broad SMARTS) is 1. The molecule has 10 heteroatoms. The number of aliphatic carboxylic acids is 1. The number of halogens is 1. The number of carboxylic acids is 1. The minimum atomic E-state index is -0.983. The van der Waals surface area contributed by atoms with Gasteiger partial charge in [-0.25, -0.2) is 4.79 Å². The van der Waals surface area contributed by atoms with Gasteiger partial charge < -0.3 is 14.6 Å². The number of nitrogens with zero attached hydrogens (tertiary/aromatic N) is 5. The number of aromatic nitrogens is 4. The van der Waals surface area contributed by atoms with Crippen molar-refractivity contribution in [3.05, 3.63) is 100 Å². The van der Waals surface area contributed by atoms with E-state index in [1.165, 1.54) is 0 Å². The van der Waals surface area contributed by atoms with Gasteiger partial charge in [-0.3, -0.25) is 14.6 Å². The standard InChI is InChI=1S/C34H30ClN5O4/c1-20-30-28(38-39(20)2)19-43-18-27-26(36-14-15-37-27)17-40-32-24(12-13-25(35)31(30)32)23(33(40)34(41)42)10-6-16-44-29-11-5-8-21-7-3-4-9-22(21)29/h3-5,7-9,11-15,23H,6,10,16-19H2,1-2H3/p+1. The summed E-state index contributed by atoms with van der Waals surface area (Å²) in [7, 11) is 1.89. The summed E-state index contributed by atoms with van der Waals surface area (Å²) in [6.07, 6.45) is 4.47. The van der Waals surface area contributed by atoms with Crippen LogP contribution in [0.2, 0.25) is 5.02 Å². The van der Waals surface area contributed by atoms with Crippen LogP contribution < -0.4 is 4.74 Å². The molecule has 3 aromatic carbocycles. The normalized spacial score (nSPS) is 15.8. The lowest BCUT2D eigenvalue weighted by Crippen LogP contribution is -2.27. The monoisotopic (exact) mass is 608 g/mol. The Kier molecular flexibility index (Phi) is 7.35. The topological polar surface area (TPSA) is 102 Å². The van der Waals surface area contributed by atoms with E-state index in [4.69, 9.17) is 26.2 Å². The van der Waals surface area contributed by atoms with Gasteiger partial charge in [0.15, 0.2) is 6.54 Å². The molecule has 1 N–H and O–H groups in total. The van der Waals surface area contributed by atoms with E-state index in [0.717, 1.165) is 50.3 Å². The van der Waals surface area contributed by atoms with Crippen LogP contribution >= 0.6 is 11.6 Å². The average Bonchev–Trinajstić information content (AvgIpc) is 3.47. The first kappa shape index (κ1) is 28.2. The molecule has 44 heavy (non-hydrogen) atoms. The second kappa shape index (κ2) is 11.5. The number of carbonyl (C=O) groups is 1. The van der Waals surface area contributed by atoms with Gasteiger partial charge in [0.05, 0.1) is 47.7 Å². The highest BCUT2D eigenvalue weighted by Crippen LogP contribution is 2.49. The van der Waals surface area contributed by atoms with Gasteiger partial charge in [-0.1, -0.05) is 54.1 Å². The van der Waals surface area contributed by atoms with Gasteiger partial charge in [0.1, 0.15) is 11.4 Å². The van der Waals surface area contributed by atoms with Crippen molar-refractivity contribution < 1.29 is 24.0 Å². The fourth-order valence-electron chi connectivity index (χ4n) is 6.51. The predicted molar refractivity (Wildman–Crippen MR) is 167 cm³/mol. The number of hydrogen-bond acceptors (Lipinski definition) is 6. The Morgan fingerprint density at radius 1 is 1.05 bits per heavy atom. The molecule has 1 atom stereocenters. The highest BCUT2D eigenvalue weighted by atomic mass is 35.5. The molecule has 7 rings (SSSR count). The zero-order valence-electron chi connectivity index (χ0n) is 24.5. The third-order valence-corrected chi connectivity index (χ3v) is 8.91. The zero-order chi connectivity index (χ0) is 30.4. The van der Waals surface area contributed by atoms with Crippen molar-refractivity contribution in [1.82, 2.24) is 19.7 Å². The van der Waals surface area contributed by atoms with Crippen LogP contribution in [0.3, 0.4) is 0 Å². The lowest BCUT2D eigenvalue weighted by Gasteiger charge is -2.13. The number of ether oxygens (including phenoxy) is 2. The summed E-state index contributed by atoms with van der Waals surface area (Å²) in [4.78, 5) is 22.2. The molecule has 2 aliphatic heterocycles. The van der Waals surface area contributed by atoms with Crippen molar-refractivity contribution in [3.8, 4) is 16.9 Å². The molecule has 0 amide bonds. The lowest BCUT2D eigenvalue weighted by atomic mass is 9.89. The second-order valence-corrected chi connectivity index (χ2v) is 11.5. The average molecular weight is 609 g/mol. The van der Waals surface area contributed by atoms with E-state index in [1.54, 1.807) is 12.4 Å². The van der Waals surface area contributed by atoms with E-state index in [2.05, 4.69) is 22.1 Å². The van der Waals surface area contributed by atoms with Crippen molar-refractivity contribution in [1.29, 1.82) is 0 Å². The van der Waals surface area contributed by atoms with E-state index in [1.807, 2.05) is 65.7 Å². The first-order chi connectivity index (χ1) is 21.4. The minimum absolute atomic E-state index is 0.214. The molecule has 0 radical (unpaired) electrons. The maximum absolute atomic E-state index is 13.1. The van der Waals surface area contributed by atoms with Crippen LogP contribution in [0, 0.1) is 6.92 Å². The summed E-state index contributed by atoms with van der Waals surface area (Å²) in [6.45, 7) is 3.12. The molecule has 0 spiro atoms. The molecule has 222 valence electrons. The number of benzene rings is 3. The Balaban J connectivity index is 1.32. The second-order valence-electron chi connectivity index (χ2n) is 11.1. The quantitative estimate of drug-likeness (QED) is 0.177. The van der Waals surface area contributed by atoms with Gasteiger partial charge in [0.25, 0.3) is 5.71 Å². The van der Waals surface area contributed by atoms with Crippen molar-refractivity contribution in [2.45, 2.75) is 45.4 Å². The fraction of sp³-hybridized carbons (Fsp3) is 0.265. The van der Waals surface area contributed by atoms with E-state index in [0.29, 0.717) is 35.9 Å². The Hall–Kier alpha value is -4.60. The van der Waals surface area contributed by atoms with Crippen LogP contribution in [-0.4, -0.2) is 47.7 Å². The van der Waals surface area contributed by atoms with Crippen LogP contribution in [-0.2, 0) is 36.3 Å². The third kappa shape index (κ3) is 4.82. The summed E-state index contributed by atoms with van der Waals surface area (Å²) < 4.78 is 16.0. The van der Waals surface area contributed by atoms with Gasteiger partial charge in [-0.05, 0) is 37.3 Å². The summed E-state index contributed by atoms with van der Waals surface area (Å²) in [6, 6.07) is 18.0. The summed E-state index contributed by atoms with van der Waals surface area (Å²) in [5.41, 5.74) is 6.54. The maximum atomic E-state index is 13.1. The van der Waals surface area contributed by atoms with Gasteiger partial charge >= 0.3 is 5.97 Å². The van der Waals surface area contributed by atoms with E-state index in [9.17, 15) is 9.90 Å². The molecule has 0 aliphatic carbocycles. The molecule has 0 fully saturated rings. The smallest absolute Gasteiger partial charge is 0.397 e. The lowest BCUT2D eigenvalue weighted by molar-refractivity contribution is -0.455. The molecule has 1 unspecified atom stereocenters. The first-order valence-electron chi connectivity index (χ1n) is 14.6. The zero-order valence-corrected chi connectivity index (χ0v) is 25.2. The Bertz CT molecular complexity index is 1960. The van der Waals surface area contributed by atoms with E-state index in [-0.39, 0.29) is 31.4 Å². The van der Waals surface area contributed by atoms with Crippen LogP contribution in [0.5, 0.6) is 5.75 Å². The Labute approximate surface area is 259 Å². The van der Waals surface area contributed by atoms with E-state index >= 15 is 0 Å². The SMILES string of the molecule is Cc1c2c(nn1C)COCc1nccnc1C[N+]1=C(C(=O)O)C(CCCOc3cccc4ccccc34)c3ccc(Cl)c-2c31. The van der Waals surface area contributed by atoms with Crippen molar-refractivity contribution in [2.75, 3.05) is 6.61 Å². The molecular formula is C34H31ClN5O4+. The molecule has 4 heterocycles. The molecule has 2 aromatic heterocycles. The van der Waals surface area contributed by atoms with Crippen molar-refractivity contribution >= 4 is 39.7 Å². The summed E-state index contributed by atoms with van der Waals surface area (Å²) >= 11 is 6.99. The molecule has 2 aliphatic rings. The maximum Gasteiger partial charge on any atom is 0.397 e. The highest BCUT2D eigenvalue weighted by Gasteiger charge is 2.46. The molecule has 9 nitrogen and oxygen atoms in total. The first-order valence-corrected chi connectivity index (χ1v) is 15.0. The molecule has 5 aromatic rings. The molecule has 0 saturated heterocycles. The van der Waals surface area contributed by atoms with Crippen LogP contribution in [0.25, 0.3) is 21.9 Å². The van der Waals surface area contributed by atoms with Crippen molar-refractivity contribution in [3.63, 3.8) is 0 Å². The summed E-state index contributed by atoms with van der Waals surface area (Å²) in [5, 5.41) is 18.2. The van der Waals surface area contributed by atoms with Gasteiger partial charge in [0, 0.05) is 41.6 Å². The number of hydrogen-bond donors (Lipinski definition) is 1. The highest BCUT2D eigenvalue weighted by molar-refractivity contribution is 6.38. The summed E-state index contributed by atoms with van der Waals surface area (Å²) in [5.74, 6) is -0.545. The van der Waals surface area contributed by atoms with Gasteiger partial charge in [-0.2, -0.15) is 9.67 Å². The number of fused-ring (bicyclic) bond motifs is 4. The third-order valence-electron chi connectivity index (χ3n) is 8.59. The van der Waals surface area contributed by atoms with Crippen LogP contribution in [0.15, 0.2) is 67.0 Å². The minimum Gasteiger partial charge on any atom is -0.493 e. The van der Waals surface area contributed by atoms with Crippen LogP contribution in [0.4, 0.5) is 5.69 Å².